The number of benzene rings is 2. The highest BCUT2D eigenvalue weighted by Gasteiger charge is 2.38. The summed E-state index contributed by atoms with van der Waals surface area (Å²) in [5.41, 5.74) is 4.21. The van der Waals surface area contributed by atoms with Crippen molar-refractivity contribution in [1.82, 2.24) is 4.90 Å². The SMILES string of the molecule is CCOC(=O)c1ccc(N2CSC3=C(C#N)[C@H](c4ccc(C)cc4)CC(=O)N3C2)cc1. The van der Waals surface area contributed by atoms with Crippen molar-refractivity contribution in [2.45, 2.75) is 26.2 Å². The lowest BCUT2D eigenvalue weighted by molar-refractivity contribution is -0.129. The molecule has 158 valence electrons. The van der Waals surface area contributed by atoms with Crippen LogP contribution in [0, 0.1) is 18.3 Å². The molecular formula is C24H23N3O3S. The summed E-state index contributed by atoms with van der Waals surface area (Å²) in [6, 6.07) is 17.6. The number of aryl methyl sites for hydroxylation is 1. The average Bonchev–Trinajstić information content (AvgIpc) is 2.79. The Hall–Kier alpha value is -3.24. The minimum atomic E-state index is -0.348. The molecule has 0 spiro atoms. The Kier molecular flexibility index (Phi) is 6.01. The Morgan fingerprint density at radius 2 is 1.90 bits per heavy atom. The van der Waals surface area contributed by atoms with E-state index in [4.69, 9.17) is 4.74 Å². The number of ether oxygens (including phenoxy) is 1. The Morgan fingerprint density at radius 3 is 2.55 bits per heavy atom. The number of nitrogens with zero attached hydrogens (tertiary/aromatic N) is 3. The molecule has 0 N–H and O–H groups in total. The van der Waals surface area contributed by atoms with E-state index in [9.17, 15) is 14.9 Å². The number of carbonyl (C=O) groups excluding carboxylic acids is 2. The molecule has 1 atom stereocenters. The van der Waals surface area contributed by atoms with Gasteiger partial charge in [0.2, 0.25) is 5.91 Å². The van der Waals surface area contributed by atoms with Crippen LogP contribution in [0.1, 0.15) is 40.7 Å². The number of carbonyl (C=O) groups is 2. The third-order valence-electron chi connectivity index (χ3n) is 5.52. The lowest BCUT2D eigenvalue weighted by Gasteiger charge is -2.42. The molecule has 0 radical (unpaired) electrons. The maximum Gasteiger partial charge on any atom is 0.338 e. The van der Waals surface area contributed by atoms with Gasteiger partial charge in [0.15, 0.2) is 0 Å². The highest BCUT2D eigenvalue weighted by molar-refractivity contribution is 8.03. The van der Waals surface area contributed by atoms with Crippen LogP contribution in [-0.4, -0.2) is 35.9 Å². The highest BCUT2D eigenvalue weighted by atomic mass is 32.2. The largest absolute Gasteiger partial charge is 0.462 e. The molecule has 31 heavy (non-hydrogen) atoms. The van der Waals surface area contributed by atoms with Gasteiger partial charge >= 0.3 is 5.97 Å². The quantitative estimate of drug-likeness (QED) is 0.666. The molecule has 2 aromatic carbocycles. The second-order valence-corrected chi connectivity index (χ2v) is 8.48. The maximum absolute atomic E-state index is 13.0. The smallest absolute Gasteiger partial charge is 0.338 e. The van der Waals surface area contributed by atoms with Gasteiger partial charge in [-0.05, 0) is 43.7 Å². The van der Waals surface area contributed by atoms with E-state index in [-0.39, 0.29) is 24.2 Å². The van der Waals surface area contributed by atoms with Gasteiger partial charge in [-0.3, -0.25) is 9.69 Å². The number of esters is 1. The fraction of sp³-hybridized carbons (Fsp3) is 0.292. The number of hydrogen-bond acceptors (Lipinski definition) is 6. The van der Waals surface area contributed by atoms with E-state index in [1.807, 2.05) is 43.3 Å². The van der Waals surface area contributed by atoms with Crippen LogP contribution < -0.4 is 4.90 Å². The topological polar surface area (TPSA) is 73.6 Å². The molecule has 0 bridgehead atoms. The molecule has 7 heteroatoms. The molecule has 0 saturated carbocycles. The van der Waals surface area contributed by atoms with Crippen molar-refractivity contribution >= 4 is 29.3 Å². The predicted octanol–water partition coefficient (Wildman–Crippen LogP) is 4.39. The Bertz CT molecular complexity index is 1070. The third-order valence-corrected chi connectivity index (χ3v) is 6.67. The van der Waals surface area contributed by atoms with E-state index in [2.05, 4.69) is 11.0 Å². The summed E-state index contributed by atoms with van der Waals surface area (Å²) in [6.45, 7) is 4.51. The lowest BCUT2D eigenvalue weighted by Crippen LogP contribution is -2.47. The first-order chi connectivity index (χ1) is 15.0. The van der Waals surface area contributed by atoms with Crippen molar-refractivity contribution in [2.24, 2.45) is 0 Å². The van der Waals surface area contributed by atoms with Crippen LogP contribution in [0.15, 0.2) is 59.1 Å². The van der Waals surface area contributed by atoms with Crippen molar-refractivity contribution < 1.29 is 14.3 Å². The Balaban J connectivity index is 1.57. The molecule has 1 fully saturated rings. The molecule has 0 aromatic heterocycles. The van der Waals surface area contributed by atoms with Crippen molar-refractivity contribution in [3.63, 3.8) is 0 Å². The van der Waals surface area contributed by atoms with Crippen molar-refractivity contribution in [3.8, 4) is 6.07 Å². The second kappa shape index (κ2) is 8.86. The van der Waals surface area contributed by atoms with Crippen LogP contribution in [0.2, 0.25) is 0 Å². The maximum atomic E-state index is 13.0. The second-order valence-electron chi connectivity index (χ2n) is 7.54. The van der Waals surface area contributed by atoms with Gasteiger partial charge in [0.05, 0.1) is 41.4 Å². The summed E-state index contributed by atoms with van der Waals surface area (Å²) in [5, 5.41) is 10.6. The average molecular weight is 434 g/mol. The summed E-state index contributed by atoms with van der Waals surface area (Å²) in [4.78, 5) is 28.6. The zero-order chi connectivity index (χ0) is 22.0. The number of rotatable bonds is 4. The number of anilines is 1. The molecule has 6 nitrogen and oxygen atoms in total. The molecular weight excluding hydrogens is 410 g/mol. The van der Waals surface area contributed by atoms with E-state index in [1.165, 1.54) is 11.8 Å². The van der Waals surface area contributed by atoms with Gasteiger partial charge in [0.25, 0.3) is 0 Å². The standard InChI is InChI=1S/C24H23N3O3S/c1-3-30-24(29)18-8-10-19(11-9-18)26-14-27-22(28)12-20(17-6-4-16(2)5-7-17)21(13-25)23(27)31-15-26/h4-11,20H,3,12,14-15H2,1-2H3/t20-/m0/s1. The number of nitriles is 1. The number of hydrogen-bond donors (Lipinski definition) is 0. The minimum Gasteiger partial charge on any atom is -0.462 e. The first-order valence-electron chi connectivity index (χ1n) is 10.2. The summed E-state index contributed by atoms with van der Waals surface area (Å²) in [5.74, 6) is 0.0791. The normalized spacial score (nSPS) is 18.5. The molecule has 2 heterocycles. The number of fused-ring (bicyclic) bond motifs is 1. The molecule has 2 aliphatic rings. The monoisotopic (exact) mass is 433 g/mol. The van der Waals surface area contributed by atoms with Crippen molar-refractivity contribution in [2.75, 3.05) is 24.1 Å². The molecule has 2 aromatic rings. The molecule has 0 aliphatic carbocycles. The van der Waals surface area contributed by atoms with Crippen LogP contribution in [0.5, 0.6) is 0 Å². The van der Waals surface area contributed by atoms with Gasteiger partial charge in [-0.15, -0.1) is 0 Å². The van der Waals surface area contributed by atoms with E-state index in [1.54, 1.807) is 24.0 Å². The van der Waals surface area contributed by atoms with Gasteiger partial charge in [0.1, 0.15) is 0 Å². The number of allylic oxidation sites excluding steroid dienone is 1. The third kappa shape index (κ3) is 4.17. The van der Waals surface area contributed by atoms with E-state index in [0.29, 0.717) is 30.3 Å². The zero-order valence-electron chi connectivity index (χ0n) is 17.5. The lowest BCUT2D eigenvalue weighted by atomic mass is 9.86. The predicted molar refractivity (Wildman–Crippen MR) is 120 cm³/mol. The fourth-order valence-electron chi connectivity index (χ4n) is 3.83. The van der Waals surface area contributed by atoms with Crippen LogP contribution in [0.3, 0.4) is 0 Å². The van der Waals surface area contributed by atoms with Crippen LogP contribution in [-0.2, 0) is 9.53 Å². The Morgan fingerprint density at radius 1 is 1.19 bits per heavy atom. The summed E-state index contributed by atoms with van der Waals surface area (Å²) < 4.78 is 5.03. The van der Waals surface area contributed by atoms with Gasteiger partial charge in [-0.25, -0.2) is 4.79 Å². The summed E-state index contributed by atoms with van der Waals surface area (Å²) >= 11 is 1.50. The number of amides is 1. The van der Waals surface area contributed by atoms with Crippen molar-refractivity contribution in [1.29, 1.82) is 5.26 Å². The summed E-state index contributed by atoms with van der Waals surface area (Å²) in [7, 11) is 0. The first-order valence-corrected chi connectivity index (χ1v) is 11.2. The highest BCUT2D eigenvalue weighted by Crippen LogP contribution is 2.43. The van der Waals surface area contributed by atoms with Gasteiger partial charge in [-0.2, -0.15) is 5.26 Å². The van der Waals surface area contributed by atoms with E-state index >= 15 is 0 Å². The fourth-order valence-corrected chi connectivity index (χ4v) is 5.00. The van der Waals surface area contributed by atoms with Gasteiger partial charge in [0, 0.05) is 18.0 Å². The number of thioether (sulfide) groups is 1. The molecule has 1 amide bonds. The van der Waals surface area contributed by atoms with E-state index < -0.39 is 0 Å². The van der Waals surface area contributed by atoms with Crippen LogP contribution >= 0.6 is 11.8 Å². The first kappa shape index (κ1) is 21.0. The van der Waals surface area contributed by atoms with Crippen LogP contribution in [0.25, 0.3) is 0 Å². The van der Waals surface area contributed by atoms with Crippen LogP contribution in [0.4, 0.5) is 5.69 Å². The molecule has 0 unspecified atom stereocenters. The van der Waals surface area contributed by atoms with Gasteiger partial charge < -0.3 is 9.64 Å². The zero-order valence-corrected chi connectivity index (χ0v) is 18.3. The van der Waals surface area contributed by atoms with Gasteiger partial charge in [-0.1, -0.05) is 41.6 Å². The summed E-state index contributed by atoms with van der Waals surface area (Å²) in [6.07, 6.45) is 0.283. The van der Waals surface area contributed by atoms with E-state index in [0.717, 1.165) is 21.8 Å². The van der Waals surface area contributed by atoms with Crippen molar-refractivity contribution in [3.05, 3.63) is 75.8 Å². The minimum absolute atomic E-state index is 0.0138. The Labute approximate surface area is 186 Å². The molecule has 2 aliphatic heterocycles. The molecule has 1 saturated heterocycles. The molecule has 4 rings (SSSR count).